The lowest BCUT2D eigenvalue weighted by atomic mass is 9.72. The van der Waals surface area contributed by atoms with Crippen molar-refractivity contribution < 1.29 is 18.2 Å². The highest BCUT2D eigenvalue weighted by Crippen LogP contribution is 2.23. The second-order valence-corrected chi connectivity index (χ2v) is 9.69. The minimum Gasteiger partial charge on any atom is -0.557 e. The first-order valence-electron chi connectivity index (χ1n) is 9.92. The molecular weight excluding hydrogens is 401 g/mol. The summed E-state index contributed by atoms with van der Waals surface area (Å²) in [5, 5.41) is 18.1. The van der Waals surface area contributed by atoms with E-state index in [1.54, 1.807) is 12.1 Å². The van der Waals surface area contributed by atoms with E-state index in [9.17, 15) is 13.5 Å². The molecule has 2 rings (SSSR count). The molecule has 0 heterocycles. The van der Waals surface area contributed by atoms with Gasteiger partial charge in [-0.25, -0.2) is 8.42 Å². The van der Waals surface area contributed by atoms with Gasteiger partial charge in [0.2, 0.25) is 10.0 Å². The van der Waals surface area contributed by atoms with Crippen LogP contribution in [0, 0.1) is 11.3 Å². The summed E-state index contributed by atoms with van der Waals surface area (Å²) >= 11 is 0. The molecule has 0 aliphatic carbocycles. The maximum atomic E-state index is 13.2. The minimum absolute atomic E-state index is 0.0657. The molecule has 162 valence electrons. The summed E-state index contributed by atoms with van der Waals surface area (Å²) in [6.07, 6.45) is 0.377. The van der Waals surface area contributed by atoms with Crippen LogP contribution in [0.3, 0.4) is 0 Å². The Morgan fingerprint density at radius 2 is 1.77 bits per heavy atom. The fraction of sp³-hybridized carbons (Fsp3) is 0.381. The van der Waals surface area contributed by atoms with Crippen LogP contribution in [0.4, 0.5) is 5.69 Å². The molecule has 2 aromatic carbocycles. The van der Waals surface area contributed by atoms with E-state index in [4.69, 9.17) is 15.8 Å². The number of hydrogen-bond acceptors (Lipinski definition) is 6. The van der Waals surface area contributed by atoms with Crippen LogP contribution in [-0.4, -0.2) is 50.9 Å². The Bertz CT molecular complexity index is 892. The number of hydrogen-bond donors (Lipinski definition) is 3. The fourth-order valence-corrected chi connectivity index (χ4v) is 4.84. The van der Waals surface area contributed by atoms with E-state index in [2.05, 4.69) is 0 Å². The van der Waals surface area contributed by atoms with Crippen molar-refractivity contribution in [3.8, 4) is 0 Å². The van der Waals surface area contributed by atoms with E-state index >= 15 is 0 Å². The number of rotatable bonds is 12. The SMILES string of the molecule is CC(C)CN(C[C@@H](O)[C@@H](BOC=N)Cc1ccccc1)S(=O)(=O)c1ccc(N)cc1. The number of sulfonamides is 1. The van der Waals surface area contributed by atoms with E-state index < -0.39 is 16.1 Å². The lowest BCUT2D eigenvalue weighted by molar-refractivity contribution is 0.130. The average Bonchev–Trinajstić information content (AvgIpc) is 2.71. The number of anilines is 1. The molecule has 4 N–H and O–H groups in total. The summed E-state index contributed by atoms with van der Waals surface area (Å²) < 4.78 is 32.9. The van der Waals surface area contributed by atoms with Gasteiger partial charge < -0.3 is 15.5 Å². The van der Waals surface area contributed by atoms with Crippen LogP contribution in [0.1, 0.15) is 19.4 Å². The first-order chi connectivity index (χ1) is 14.2. The number of aliphatic hydroxyl groups excluding tert-OH is 1. The van der Waals surface area contributed by atoms with Crippen molar-refractivity contribution in [2.75, 3.05) is 18.8 Å². The molecule has 2 aromatic rings. The van der Waals surface area contributed by atoms with Crippen LogP contribution in [0.5, 0.6) is 0 Å². The molecule has 0 amide bonds. The molecular formula is C21H30BN3O4S. The highest BCUT2D eigenvalue weighted by atomic mass is 32.2. The molecule has 0 spiro atoms. The van der Waals surface area contributed by atoms with Crippen molar-refractivity contribution in [3.05, 3.63) is 60.2 Å². The number of nitrogens with one attached hydrogen (secondary N) is 1. The number of nitrogens with zero attached hydrogens (tertiary/aromatic N) is 1. The van der Waals surface area contributed by atoms with E-state index in [0.29, 0.717) is 12.1 Å². The van der Waals surface area contributed by atoms with Crippen LogP contribution in [-0.2, 0) is 21.1 Å². The first kappa shape index (κ1) is 23.9. The van der Waals surface area contributed by atoms with E-state index in [1.165, 1.54) is 16.4 Å². The highest BCUT2D eigenvalue weighted by Gasteiger charge is 2.31. The molecule has 0 aliphatic heterocycles. The summed E-state index contributed by atoms with van der Waals surface area (Å²) in [6.45, 7) is 4.06. The summed E-state index contributed by atoms with van der Waals surface area (Å²) in [4.78, 5) is 0.139. The third kappa shape index (κ3) is 6.86. The molecule has 0 saturated heterocycles. The van der Waals surface area contributed by atoms with Crippen LogP contribution >= 0.6 is 0 Å². The highest BCUT2D eigenvalue weighted by molar-refractivity contribution is 7.89. The maximum Gasteiger partial charge on any atom is 0.347 e. The molecule has 0 aromatic heterocycles. The van der Waals surface area contributed by atoms with Crippen molar-refractivity contribution in [1.82, 2.24) is 4.31 Å². The summed E-state index contributed by atoms with van der Waals surface area (Å²) in [5.41, 5.74) is 7.18. The number of aliphatic hydroxyl groups is 1. The Morgan fingerprint density at radius 3 is 2.33 bits per heavy atom. The predicted octanol–water partition coefficient (Wildman–Crippen LogP) is 2.28. The van der Waals surface area contributed by atoms with Gasteiger partial charge in [-0.3, -0.25) is 5.41 Å². The molecule has 0 aliphatic rings. The molecule has 0 unspecified atom stereocenters. The number of benzene rings is 2. The molecule has 7 nitrogen and oxygen atoms in total. The number of nitrogens with two attached hydrogens (primary N) is 1. The smallest absolute Gasteiger partial charge is 0.347 e. The Balaban J connectivity index is 2.25. The quantitative estimate of drug-likeness (QED) is 0.206. The van der Waals surface area contributed by atoms with Gasteiger partial charge in [-0.1, -0.05) is 44.2 Å². The molecule has 2 atom stereocenters. The van der Waals surface area contributed by atoms with Crippen molar-refractivity contribution in [3.63, 3.8) is 0 Å². The van der Waals surface area contributed by atoms with Gasteiger partial charge in [-0.2, -0.15) is 4.31 Å². The Labute approximate surface area is 179 Å². The lowest BCUT2D eigenvalue weighted by Crippen LogP contribution is -2.42. The van der Waals surface area contributed by atoms with Gasteiger partial charge >= 0.3 is 7.48 Å². The first-order valence-corrected chi connectivity index (χ1v) is 11.4. The van der Waals surface area contributed by atoms with Crippen molar-refractivity contribution in [1.29, 1.82) is 5.41 Å². The normalized spacial score (nSPS) is 13.8. The second-order valence-electron chi connectivity index (χ2n) is 7.75. The molecule has 0 radical (unpaired) electrons. The molecule has 0 fully saturated rings. The van der Waals surface area contributed by atoms with Gasteiger partial charge in [0, 0.05) is 24.6 Å². The van der Waals surface area contributed by atoms with Gasteiger partial charge in [-0.05, 0) is 42.2 Å². The predicted molar refractivity (Wildman–Crippen MR) is 121 cm³/mol. The van der Waals surface area contributed by atoms with E-state index in [-0.39, 0.29) is 37.2 Å². The van der Waals surface area contributed by atoms with Gasteiger partial charge in [0.05, 0.1) is 11.0 Å². The zero-order chi connectivity index (χ0) is 22.1. The zero-order valence-corrected chi connectivity index (χ0v) is 18.3. The molecule has 0 saturated carbocycles. The van der Waals surface area contributed by atoms with Crippen LogP contribution in [0.2, 0.25) is 5.82 Å². The van der Waals surface area contributed by atoms with E-state index in [0.717, 1.165) is 12.0 Å². The summed E-state index contributed by atoms with van der Waals surface area (Å²) in [5.74, 6) is -0.295. The van der Waals surface area contributed by atoms with Gasteiger partial charge in [0.1, 0.15) is 6.40 Å². The topological polar surface area (TPSA) is 117 Å². The van der Waals surface area contributed by atoms with E-state index in [1.807, 2.05) is 44.2 Å². The fourth-order valence-electron chi connectivity index (χ4n) is 3.22. The number of nitrogen functional groups attached to an aromatic ring is 1. The molecule has 9 heteroatoms. The van der Waals surface area contributed by atoms with Crippen LogP contribution in [0.25, 0.3) is 0 Å². The van der Waals surface area contributed by atoms with Crippen molar-refractivity contribution in [2.45, 2.75) is 37.1 Å². The standard InChI is InChI=1S/C21H30BN3O4S/c1-16(2)13-25(30(27,28)19-10-8-18(24)9-11-19)14-21(26)20(22-29-15-23)12-17-6-4-3-5-7-17/h3-11,15-16,20-23,26H,12-14,24H2,1-2H3/t20-,21+/m0/s1. The van der Waals surface area contributed by atoms with Gasteiger partial charge in [0.15, 0.2) is 0 Å². The summed E-state index contributed by atoms with van der Waals surface area (Å²) in [7, 11) is -3.68. The Kier molecular flexibility index (Phi) is 8.89. The molecule has 30 heavy (non-hydrogen) atoms. The zero-order valence-electron chi connectivity index (χ0n) is 17.4. The average molecular weight is 431 g/mol. The van der Waals surface area contributed by atoms with Crippen LogP contribution in [0.15, 0.2) is 59.5 Å². The van der Waals surface area contributed by atoms with Gasteiger partial charge in [0.25, 0.3) is 0 Å². The van der Waals surface area contributed by atoms with Crippen LogP contribution < -0.4 is 5.73 Å². The molecule has 0 bridgehead atoms. The maximum absolute atomic E-state index is 13.2. The third-order valence-corrected chi connectivity index (χ3v) is 6.60. The van der Waals surface area contributed by atoms with Crippen molar-refractivity contribution in [2.24, 2.45) is 5.92 Å². The Morgan fingerprint density at radius 1 is 1.13 bits per heavy atom. The lowest BCUT2D eigenvalue weighted by Gasteiger charge is -2.29. The van der Waals surface area contributed by atoms with Gasteiger partial charge in [-0.15, -0.1) is 0 Å². The summed E-state index contributed by atoms with van der Waals surface area (Å²) in [6, 6.07) is 15.7. The largest absolute Gasteiger partial charge is 0.557 e. The Hall–Kier alpha value is -2.36. The second kappa shape index (κ2) is 11.1. The monoisotopic (exact) mass is 431 g/mol. The minimum atomic E-state index is -3.80. The third-order valence-electron chi connectivity index (χ3n) is 4.76. The van der Waals surface area contributed by atoms with Crippen molar-refractivity contribution >= 4 is 29.6 Å².